The van der Waals surface area contributed by atoms with Crippen LogP contribution in [-0.4, -0.2) is 26.9 Å². The molecule has 0 spiro atoms. The van der Waals surface area contributed by atoms with Crippen molar-refractivity contribution in [2.24, 2.45) is 5.10 Å². The molecule has 6 heteroatoms. The van der Waals surface area contributed by atoms with Gasteiger partial charge in [0.05, 0.1) is 6.21 Å². The van der Waals surface area contributed by atoms with Crippen LogP contribution < -0.4 is 5.43 Å². The van der Waals surface area contributed by atoms with Gasteiger partial charge in [-0.15, -0.1) is 0 Å². The maximum absolute atomic E-state index is 12.5. The number of rotatable bonds is 5. The molecule has 2 aromatic carbocycles. The quantitative estimate of drug-likeness (QED) is 0.365. The predicted octanol–water partition coefficient (Wildman–Crippen LogP) is 4.78. The highest BCUT2D eigenvalue weighted by Gasteiger charge is 2.19. The molecule has 2 N–H and O–H groups in total. The Morgan fingerprint density at radius 1 is 1.13 bits per heavy atom. The summed E-state index contributed by atoms with van der Waals surface area (Å²) in [6, 6.07) is 20.4. The zero-order chi connectivity index (χ0) is 22.0. The summed E-state index contributed by atoms with van der Waals surface area (Å²) in [4.78, 5) is 12.5. The predicted molar refractivity (Wildman–Crippen MR) is 125 cm³/mol. The first kappa shape index (κ1) is 20.6. The van der Waals surface area contributed by atoms with Crippen molar-refractivity contribution >= 4 is 23.0 Å². The number of hydrogen-bond acceptors (Lipinski definition) is 3. The van der Waals surface area contributed by atoms with Crippen LogP contribution in [0.4, 0.5) is 0 Å². The molecule has 0 aliphatic carbocycles. The van der Waals surface area contributed by atoms with E-state index in [2.05, 4.69) is 77.3 Å². The van der Waals surface area contributed by atoms with Crippen LogP contribution in [0, 0.1) is 6.92 Å². The normalized spacial score (nSPS) is 12.0. The number of aromatic nitrogens is 3. The number of carbonyl (C=O) groups is 1. The summed E-state index contributed by atoms with van der Waals surface area (Å²) >= 11 is 0. The number of hydrazone groups is 1. The number of nitrogens with zero attached hydrogens (tertiary/aromatic N) is 3. The van der Waals surface area contributed by atoms with Gasteiger partial charge in [-0.2, -0.15) is 10.2 Å². The number of benzene rings is 2. The number of hydrogen-bond donors (Lipinski definition) is 2. The van der Waals surface area contributed by atoms with E-state index in [-0.39, 0.29) is 11.3 Å². The van der Waals surface area contributed by atoms with Gasteiger partial charge in [-0.05, 0) is 24.6 Å². The summed E-state index contributed by atoms with van der Waals surface area (Å²) in [6.45, 7) is 9.04. The van der Waals surface area contributed by atoms with E-state index in [9.17, 15) is 4.79 Å². The minimum absolute atomic E-state index is 0.105. The van der Waals surface area contributed by atoms with Crippen molar-refractivity contribution < 1.29 is 4.79 Å². The number of fused-ring (bicyclic) bond motifs is 1. The maximum Gasteiger partial charge on any atom is 0.291 e. The van der Waals surface area contributed by atoms with E-state index in [0.29, 0.717) is 5.69 Å². The number of amides is 1. The van der Waals surface area contributed by atoms with Crippen molar-refractivity contribution in [3.8, 4) is 0 Å². The fraction of sp³-hybridized carbons (Fsp3) is 0.240. The molecule has 4 rings (SSSR count). The van der Waals surface area contributed by atoms with E-state index in [0.717, 1.165) is 34.4 Å². The molecular formula is C25H27N5O. The summed E-state index contributed by atoms with van der Waals surface area (Å²) in [7, 11) is 0. The van der Waals surface area contributed by atoms with E-state index in [1.54, 1.807) is 12.3 Å². The Morgan fingerprint density at radius 3 is 2.55 bits per heavy atom. The lowest BCUT2D eigenvalue weighted by Crippen LogP contribution is -2.18. The van der Waals surface area contributed by atoms with Gasteiger partial charge in [-0.25, -0.2) is 5.43 Å². The summed E-state index contributed by atoms with van der Waals surface area (Å²) in [5.41, 5.74) is 8.18. The smallest absolute Gasteiger partial charge is 0.291 e. The van der Waals surface area contributed by atoms with Crippen LogP contribution in [0.3, 0.4) is 0 Å². The van der Waals surface area contributed by atoms with Crippen LogP contribution in [-0.2, 0) is 12.0 Å². The second-order valence-corrected chi connectivity index (χ2v) is 8.70. The minimum atomic E-state index is -0.339. The Hall–Kier alpha value is -3.67. The van der Waals surface area contributed by atoms with Crippen LogP contribution in [0.2, 0.25) is 0 Å². The average molecular weight is 414 g/mol. The standard InChI is InChI=1S/C25H27N5O/c1-17-20(15-26-29-24(31)21-14-23(28-27-21)25(2,3)4)19-12-8-9-13-22(19)30(17)16-18-10-6-5-7-11-18/h5-15H,16H2,1-4H3,(H,27,28)(H,29,31). The lowest BCUT2D eigenvalue weighted by Gasteiger charge is -2.14. The highest BCUT2D eigenvalue weighted by molar-refractivity contribution is 6.02. The molecule has 6 nitrogen and oxygen atoms in total. The van der Waals surface area contributed by atoms with Crippen LogP contribution in [0.15, 0.2) is 65.8 Å². The van der Waals surface area contributed by atoms with Crippen LogP contribution >= 0.6 is 0 Å². The van der Waals surface area contributed by atoms with Gasteiger partial charge in [-0.1, -0.05) is 69.3 Å². The van der Waals surface area contributed by atoms with Gasteiger partial charge in [0.1, 0.15) is 0 Å². The Balaban J connectivity index is 1.58. The molecule has 2 aromatic heterocycles. The highest BCUT2D eigenvalue weighted by atomic mass is 16.2. The number of nitrogens with one attached hydrogen (secondary N) is 2. The van der Waals surface area contributed by atoms with Gasteiger partial charge >= 0.3 is 0 Å². The van der Waals surface area contributed by atoms with Gasteiger partial charge in [0.2, 0.25) is 0 Å². The van der Waals surface area contributed by atoms with Gasteiger partial charge < -0.3 is 4.57 Å². The third-order valence-electron chi connectivity index (χ3n) is 5.44. The van der Waals surface area contributed by atoms with E-state index >= 15 is 0 Å². The number of H-pyrrole nitrogens is 1. The van der Waals surface area contributed by atoms with Gasteiger partial charge in [0.25, 0.3) is 5.91 Å². The number of carbonyl (C=O) groups excluding carboxylic acids is 1. The molecule has 0 radical (unpaired) electrons. The van der Waals surface area contributed by atoms with Crippen LogP contribution in [0.5, 0.6) is 0 Å². The lowest BCUT2D eigenvalue weighted by atomic mass is 9.92. The maximum atomic E-state index is 12.5. The average Bonchev–Trinajstić information content (AvgIpc) is 3.35. The fourth-order valence-electron chi connectivity index (χ4n) is 3.63. The molecule has 0 fully saturated rings. The first-order chi connectivity index (χ1) is 14.8. The molecule has 0 bridgehead atoms. The van der Waals surface area contributed by atoms with Crippen molar-refractivity contribution in [1.82, 2.24) is 20.2 Å². The molecule has 0 saturated heterocycles. The second-order valence-electron chi connectivity index (χ2n) is 8.70. The zero-order valence-corrected chi connectivity index (χ0v) is 18.3. The Bertz CT molecular complexity index is 1240. The first-order valence-corrected chi connectivity index (χ1v) is 10.4. The molecule has 158 valence electrons. The second kappa shape index (κ2) is 8.22. The molecular weight excluding hydrogens is 386 g/mol. The van der Waals surface area contributed by atoms with Crippen LogP contribution in [0.25, 0.3) is 10.9 Å². The number of aromatic amines is 1. The van der Waals surface area contributed by atoms with Gasteiger partial charge in [0, 0.05) is 39.8 Å². The summed E-state index contributed by atoms with van der Waals surface area (Å²) in [5, 5.41) is 12.4. The van der Waals surface area contributed by atoms with E-state index in [1.165, 1.54) is 5.56 Å². The summed E-state index contributed by atoms with van der Waals surface area (Å²) in [5.74, 6) is -0.339. The van der Waals surface area contributed by atoms with Gasteiger partial charge in [-0.3, -0.25) is 9.89 Å². The van der Waals surface area contributed by atoms with Crippen molar-refractivity contribution in [3.05, 3.63) is 88.9 Å². The number of para-hydroxylation sites is 1. The Labute approximate surface area is 182 Å². The molecule has 1 amide bonds. The molecule has 0 unspecified atom stereocenters. The summed E-state index contributed by atoms with van der Waals surface area (Å²) < 4.78 is 2.27. The first-order valence-electron chi connectivity index (χ1n) is 10.4. The van der Waals surface area contributed by atoms with Crippen molar-refractivity contribution in [1.29, 1.82) is 0 Å². The van der Waals surface area contributed by atoms with Crippen LogP contribution in [0.1, 0.15) is 53.8 Å². The van der Waals surface area contributed by atoms with E-state index in [1.807, 2.05) is 30.3 Å². The highest BCUT2D eigenvalue weighted by Crippen LogP contribution is 2.25. The van der Waals surface area contributed by atoms with Crippen molar-refractivity contribution in [2.45, 2.75) is 39.7 Å². The molecule has 31 heavy (non-hydrogen) atoms. The molecule has 0 saturated carbocycles. The molecule has 2 heterocycles. The topological polar surface area (TPSA) is 75.1 Å². The SMILES string of the molecule is Cc1c(C=NNC(=O)c2cc(C(C)(C)C)[nH]n2)c2ccccc2n1Cc1ccccc1. The molecule has 0 aliphatic rings. The monoisotopic (exact) mass is 413 g/mol. The molecule has 4 aromatic rings. The Kier molecular flexibility index (Phi) is 5.46. The zero-order valence-electron chi connectivity index (χ0n) is 18.3. The minimum Gasteiger partial charge on any atom is -0.340 e. The van der Waals surface area contributed by atoms with Crippen molar-refractivity contribution in [3.63, 3.8) is 0 Å². The van der Waals surface area contributed by atoms with Gasteiger partial charge in [0.15, 0.2) is 5.69 Å². The molecule has 0 atom stereocenters. The van der Waals surface area contributed by atoms with E-state index < -0.39 is 0 Å². The third kappa shape index (κ3) is 4.28. The summed E-state index contributed by atoms with van der Waals surface area (Å²) in [6.07, 6.45) is 1.72. The largest absolute Gasteiger partial charge is 0.340 e. The lowest BCUT2D eigenvalue weighted by molar-refractivity contribution is 0.0950. The van der Waals surface area contributed by atoms with E-state index in [4.69, 9.17) is 0 Å². The third-order valence-corrected chi connectivity index (χ3v) is 5.44. The molecule has 0 aliphatic heterocycles. The fourth-order valence-corrected chi connectivity index (χ4v) is 3.63. The van der Waals surface area contributed by atoms with Crippen molar-refractivity contribution in [2.75, 3.05) is 0 Å². The Morgan fingerprint density at radius 2 is 1.84 bits per heavy atom.